The number of hydrogen-bond donors (Lipinski definition) is 1. The van der Waals surface area contributed by atoms with Crippen LogP contribution in [0.15, 0.2) is 34.3 Å². The second-order valence-electron chi connectivity index (χ2n) is 5.28. The highest BCUT2D eigenvalue weighted by Gasteiger charge is 2.06. The lowest BCUT2D eigenvalue weighted by Gasteiger charge is -2.14. The molecule has 0 aromatic heterocycles. The second-order valence-corrected chi connectivity index (χ2v) is 6.20. The molecule has 0 fully saturated rings. The molecule has 1 N–H and O–H groups in total. The molecule has 3 heteroatoms. The highest BCUT2D eigenvalue weighted by Crippen LogP contribution is 2.23. The lowest BCUT2D eigenvalue weighted by Crippen LogP contribution is -2.16. The monoisotopic (exact) mass is 347 g/mol. The molecule has 1 aliphatic carbocycles. The van der Waals surface area contributed by atoms with Crippen LogP contribution in [0.4, 0.5) is 0 Å². The molecule has 112 valence electrons. The van der Waals surface area contributed by atoms with E-state index in [9.17, 15) is 0 Å². The van der Waals surface area contributed by atoms with Crippen molar-refractivity contribution in [3.8, 4) is 18.1 Å². The molecule has 0 radical (unpaired) electrons. The summed E-state index contributed by atoms with van der Waals surface area (Å²) < 4.78 is 6.64. The summed E-state index contributed by atoms with van der Waals surface area (Å²) in [6.07, 6.45) is 14.0. The van der Waals surface area contributed by atoms with E-state index >= 15 is 0 Å². The molecule has 0 bridgehead atoms. The Labute approximate surface area is 136 Å². The molecule has 0 amide bonds. The average Bonchev–Trinajstić information content (AvgIpc) is 2.52. The number of benzene rings is 1. The van der Waals surface area contributed by atoms with Crippen LogP contribution in [0.1, 0.15) is 37.7 Å². The summed E-state index contributed by atoms with van der Waals surface area (Å²) in [6, 6.07) is 6.02. The van der Waals surface area contributed by atoms with E-state index in [4.69, 9.17) is 11.2 Å². The summed E-state index contributed by atoms with van der Waals surface area (Å²) in [5, 5.41) is 3.50. The number of ether oxygens (including phenoxy) is 1. The van der Waals surface area contributed by atoms with Crippen molar-refractivity contribution in [2.24, 2.45) is 0 Å². The first-order valence-electron chi connectivity index (χ1n) is 7.53. The van der Waals surface area contributed by atoms with Crippen LogP contribution in [0, 0.1) is 12.3 Å². The van der Waals surface area contributed by atoms with Gasteiger partial charge < -0.3 is 10.1 Å². The molecular weight excluding hydrogens is 326 g/mol. The molecule has 0 atom stereocenters. The zero-order valence-electron chi connectivity index (χ0n) is 12.3. The first kappa shape index (κ1) is 16.1. The molecule has 0 aliphatic heterocycles. The summed E-state index contributed by atoms with van der Waals surface area (Å²) in [7, 11) is 0. The molecule has 2 nitrogen and oxygen atoms in total. The van der Waals surface area contributed by atoms with Crippen LogP contribution >= 0.6 is 15.9 Å². The fraction of sp³-hybridized carbons (Fsp3) is 0.444. The molecule has 0 saturated heterocycles. The molecule has 0 spiro atoms. The van der Waals surface area contributed by atoms with E-state index in [0.29, 0.717) is 6.61 Å². The van der Waals surface area contributed by atoms with Gasteiger partial charge in [-0.1, -0.05) is 33.5 Å². The Morgan fingerprint density at radius 2 is 2.24 bits per heavy atom. The van der Waals surface area contributed by atoms with Gasteiger partial charge in [-0.05, 0) is 56.8 Å². The van der Waals surface area contributed by atoms with Crippen LogP contribution in [-0.4, -0.2) is 13.2 Å². The minimum Gasteiger partial charge on any atom is -0.481 e. The maximum Gasteiger partial charge on any atom is 0.148 e. The number of terminal acetylenes is 1. The number of hydrogen-bond acceptors (Lipinski definition) is 2. The Bertz CT molecular complexity index is 531. The first-order chi connectivity index (χ1) is 10.3. The topological polar surface area (TPSA) is 21.3 Å². The Balaban J connectivity index is 1.82. The predicted octanol–water partition coefficient (Wildman–Crippen LogP) is 4.44. The average molecular weight is 348 g/mol. The molecule has 0 unspecified atom stereocenters. The molecule has 0 heterocycles. The van der Waals surface area contributed by atoms with Crippen molar-refractivity contribution in [1.29, 1.82) is 0 Å². The van der Waals surface area contributed by atoms with E-state index in [0.717, 1.165) is 35.3 Å². The van der Waals surface area contributed by atoms with Gasteiger partial charge in [-0.25, -0.2) is 0 Å². The first-order valence-corrected chi connectivity index (χ1v) is 8.32. The summed E-state index contributed by atoms with van der Waals surface area (Å²) in [4.78, 5) is 0. The van der Waals surface area contributed by atoms with Crippen molar-refractivity contribution in [2.75, 3.05) is 13.2 Å². The van der Waals surface area contributed by atoms with E-state index < -0.39 is 0 Å². The van der Waals surface area contributed by atoms with E-state index in [2.05, 4.69) is 39.3 Å². The van der Waals surface area contributed by atoms with Crippen molar-refractivity contribution < 1.29 is 4.74 Å². The van der Waals surface area contributed by atoms with Gasteiger partial charge in [0.15, 0.2) is 0 Å². The zero-order valence-corrected chi connectivity index (χ0v) is 13.9. The van der Waals surface area contributed by atoms with Crippen LogP contribution in [0.2, 0.25) is 0 Å². The van der Waals surface area contributed by atoms with Crippen LogP contribution in [0.3, 0.4) is 0 Å². The predicted molar refractivity (Wildman–Crippen MR) is 91.3 cm³/mol. The summed E-state index contributed by atoms with van der Waals surface area (Å²) in [5.74, 6) is 3.37. The van der Waals surface area contributed by atoms with Crippen LogP contribution in [0.25, 0.3) is 0 Å². The molecule has 2 rings (SSSR count). The van der Waals surface area contributed by atoms with Crippen LogP contribution < -0.4 is 10.1 Å². The SMILES string of the molecule is C#CCOc1ccc(Br)cc1CNCCC1=CCCCC1. The van der Waals surface area contributed by atoms with Gasteiger partial charge in [0.05, 0.1) is 0 Å². The quantitative estimate of drug-likeness (QED) is 0.447. The minimum absolute atomic E-state index is 0.307. The van der Waals surface area contributed by atoms with Crippen LogP contribution in [0.5, 0.6) is 5.75 Å². The van der Waals surface area contributed by atoms with Crippen molar-refractivity contribution >= 4 is 15.9 Å². The Morgan fingerprint density at radius 1 is 1.33 bits per heavy atom. The fourth-order valence-electron chi connectivity index (χ4n) is 2.55. The van der Waals surface area contributed by atoms with E-state index in [-0.39, 0.29) is 0 Å². The largest absolute Gasteiger partial charge is 0.481 e. The summed E-state index contributed by atoms with van der Waals surface area (Å²) in [6.45, 7) is 2.11. The van der Waals surface area contributed by atoms with Crippen molar-refractivity contribution in [2.45, 2.75) is 38.6 Å². The maximum atomic E-state index is 5.58. The highest BCUT2D eigenvalue weighted by molar-refractivity contribution is 9.10. The molecule has 1 aliphatic rings. The van der Waals surface area contributed by atoms with Crippen LogP contribution in [-0.2, 0) is 6.54 Å². The lowest BCUT2D eigenvalue weighted by atomic mass is 9.97. The Morgan fingerprint density at radius 3 is 3.00 bits per heavy atom. The summed E-state index contributed by atoms with van der Waals surface area (Å²) in [5.41, 5.74) is 2.74. The summed E-state index contributed by atoms with van der Waals surface area (Å²) >= 11 is 3.50. The molecule has 21 heavy (non-hydrogen) atoms. The number of nitrogens with one attached hydrogen (secondary N) is 1. The molecule has 0 saturated carbocycles. The van der Waals surface area contributed by atoms with Crippen molar-refractivity contribution in [3.63, 3.8) is 0 Å². The number of halogens is 1. The van der Waals surface area contributed by atoms with Gasteiger partial charge in [0.25, 0.3) is 0 Å². The molecular formula is C18H22BrNO. The van der Waals surface area contributed by atoms with Gasteiger partial charge in [0.2, 0.25) is 0 Å². The van der Waals surface area contributed by atoms with Gasteiger partial charge in [-0.2, -0.15) is 0 Å². The van der Waals surface area contributed by atoms with Crippen molar-refractivity contribution in [3.05, 3.63) is 39.9 Å². The van der Waals surface area contributed by atoms with Gasteiger partial charge in [-0.3, -0.25) is 0 Å². The van der Waals surface area contributed by atoms with Gasteiger partial charge in [0.1, 0.15) is 12.4 Å². The normalized spacial score (nSPS) is 14.4. The lowest BCUT2D eigenvalue weighted by molar-refractivity contribution is 0.364. The Hall–Kier alpha value is -1.24. The zero-order chi connectivity index (χ0) is 14.9. The third-order valence-corrected chi connectivity index (χ3v) is 4.15. The second kappa shape index (κ2) is 8.92. The van der Waals surface area contributed by atoms with Gasteiger partial charge >= 0.3 is 0 Å². The smallest absolute Gasteiger partial charge is 0.148 e. The standard InChI is InChI=1S/C18H22BrNO/c1-2-12-21-18-9-8-17(19)13-16(18)14-20-11-10-15-6-4-3-5-7-15/h1,6,8-9,13,20H,3-5,7,10-12,14H2. The third kappa shape index (κ3) is 5.57. The molecule has 1 aromatic rings. The van der Waals surface area contributed by atoms with E-state index in [1.54, 1.807) is 5.57 Å². The Kier molecular flexibility index (Phi) is 6.85. The third-order valence-electron chi connectivity index (χ3n) is 3.66. The van der Waals surface area contributed by atoms with Gasteiger partial charge in [0, 0.05) is 16.6 Å². The van der Waals surface area contributed by atoms with Gasteiger partial charge in [-0.15, -0.1) is 6.42 Å². The van der Waals surface area contributed by atoms with E-state index in [1.165, 1.54) is 25.7 Å². The highest BCUT2D eigenvalue weighted by atomic mass is 79.9. The van der Waals surface area contributed by atoms with Crippen molar-refractivity contribution in [1.82, 2.24) is 5.32 Å². The molecule has 1 aromatic carbocycles. The van der Waals surface area contributed by atoms with E-state index in [1.807, 2.05) is 12.1 Å². The maximum absolute atomic E-state index is 5.58. The number of rotatable bonds is 7. The fourth-order valence-corrected chi connectivity index (χ4v) is 2.96. The minimum atomic E-state index is 0.307. The number of allylic oxidation sites excluding steroid dienone is 1.